The number of benzene rings is 1. The first-order valence-corrected chi connectivity index (χ1v) is 10.5. The molecule has 2 aromatic rings. The molecule has 28 heavy (non-hydrogen) atoms. The van der Waals surface area contributed by atoms with E-state index < -0.39 is 0 Å². The molecule has 3 heterocycles. The Balaban J connectivity index is 1.59. The van der Waals surface area contributed by atoms with Gasteiger partial charge in [-0.05, 0) is 49.9 Å². The Labute approximate surface area is 166 Å². The van der Waals surface area contributed by atoms with Gasteiger partial charge in [0.25, 0.3) is 0 Å². The molecule has 0 aliphatic carbocycles. The van der Waals surface area contributed by atoms with Gasteiger partial charge in [-0.2, -0.15) is 0 Å². The molecule has 2 fully saturated rings. The van der Waals surface area contributed by atoms with Crippen LogP contribution in [0.15, 0.2) is 18.2 Å². The van der Waals surface area contributed by atoms with Crippen molar-refractivity contribution in [2.45, 2.75) is 39.2 Å². The van der Waals surface area contributed by atoms with Crippen molar-refractivity contribution >= 4 is 16.8 Å². The van der Waals surface area contributed by atoms with Gasteiger partial charge in [0, 0.05) is 55.9 Å². The summed E-state index contributed by atoms with van der Waals surface area (Å²) in [5.41, 5.74) is 3.08. The summed E-state index contributed by atoms with van der Waals surface area (Å²) < 4.78 is 21.7. The Morgan fingerprint density at radius 1 is 1.07 bits per heavy atom. The number of hydrogen-bond donors (Lipinski definition) is 0. The lowest BCUT2D eigenvalue weighted by Gasteiger charge is -2.27. The average Bonchev–Trinajstić information content (AvgIpc) is 2.98. The molecule has 2 saturated heterocycles. The predicted octanol–water partition coefficient (Wildman–Crippen LogP) is 2.98. The van der Waals surface area contributed by atoms with Crippen molar-refractivity contribution in [1.29, 1.82) is 0 Å². The maximum atomic E-state index is 14.0. The molecule has 1 amide bonds. The van der Waals surface area contributed by atoms with E-state index in [2.05, 4.69) is 16.4 Å². The van der Waals surface area contributed by atoms with E-state index in [1.54, 1.807) is 6.07 Å². The van der Waals surface area contributed by atoms with E-state index in [0.717, 1.165) is 87.5 Å². The van der Waals surface area contributed by atoms with Gasteiger partial charge in [-0.25, -0.2) is 4.39 Å². The van der Waals surface area contributed by atoms with Crippen LogP contribution in [0.2, 0.25) is 0 Å². The van der Waals surface area contributed by atoms with E-state index in [0.29, 0.717) is 6.42 Å². The fourth-order valence-electron chi connectivity index (χ4n) is 4.51. The monoisotopic (exact) mass is 387 g/mol. The standard InChI is InChI=1S/C22H30FN3O2/c1-17-19(16-22(27)25-7-3-2-4-8-25)20-15-18(23)5-6-21(20)26(17)10-9-24-11-13-28-14-12-24/h5-6,15H,2-4,7-14,16H2,1H3. The fourth-order valence-corrected chi connectivity index (χ4v) is 4.51. The zero-order valence-corrected chi connectivity index (χ0v) is 16.8. The summed E-state index contributed by atoms with van der Waals surface area (Å²) in [7, 11) is 0. The first-order chi connectivity index (χ1) is 13.6. The number of nitrogens with zero attached hydrogens (tertiary/aromatic N) is 3. The Kier molecular flexibility index (Phi) is 5.97. The van der Waals surface area contributed by atoms with Crippen LogP contribution in [0.4, 0.5) is 4.39 Å². The van der Waals surface area contributed by atoms with Crippen LogP contribution in [0.3, 0.4) is 0 Å². The van der Waals surface area contributed by atoms with Crippen LogP contribution in [-0.2, 0) is 22.5 Å². The van der Waals surface area contributed by atoms with Crippen LogP contribution >= 0.6 is 0 Å². The van der Waals surface area contributed by atoms with Gasteiger partial charge >= 0.3 is 0 Å². The molecule has 0 N–H and O–H groups in total. The molecule has 4 rings (SSSR count). The number of aromatic nitrogens is 1. The predicted molar refractivity (Wildman–Crippen MR) is 108 cm³/mol. The molecule has 0 spiro atoms. The fraction of sp³-hybridized carbons (Fsp3) is 0.591. The van der Waals surface area contributed by atoms with E-state index in [1.165, 1.54) is 12.5 Å². The maximum absolute atomic E-state index is 14.0. The Bertz CT molecular complexity index is 836. The third-order valence-electron chi connectivity index (χ3n) is 6.20. The number of piperidine rings is 1. The van der Waals surface area contributed by atoms with Crippen molar-refractivity contribution in [2.75, 3.05) is 45.9 Å². The van der Waals surface area contributed by atoms with Gasteiger partial charge in [0.05, 0.1) is 19.6 Å². The van der Waals surface area contributed by atoms with Gasteiger partial charge in [0.15, 0.2) is 0 Å². The maximum Gasteiger partial charge on any atom is 0.227 e. The summed E-state index contributed by atoms with van der Waals surface area (Å²) in [5, 5.41) is 0.879. The first kappa shape index (κ1) is 19.4. The summed E-state index contributed by atoms with van der Waals surface area (Å²) >= 11 is 0. The normalized spacial score (nSPS) is 18.7. The van der Waals surface area contributed by atoms with Gasteiger partial charge < -0.3 is 14.2 Å². The lowest BCUT2D eigenvalue weighted by atomic mass is 10.1. The highest BCUT2D eigenvalue weighted by molar-refractivity contribution is 5.90. The molecule has 2 aliphatic heterocycles. The topological polar surface area (TPSA) is 37.7 Å². The second-order valence-electron chi connectivity index (χ2n) is 7.95. The molecule has 1 aromatic heterocycles. The van der Waals surface area contributed by atoms with E-state index in [1.807, 2.05) is 11.0 Å². The number of halogens is 1. The lowest BCUT2D eigenvalue weighted by molar-refractivity contribution is -0.131. The van der Waals surface area contributed by atoms with Crippen LogP contribution < -0.4 is 0 Å². The minimum absolute atomic E-state index is 0.166. The van der Waals surface area contributed by atoms with Gasteiger partial charge in [0.1, 0.15) is 5.82 Å². The second-order valence-corrected chi connectivity index (χ2v) is 7.95. The number of carbonyl (C=O) groups excluding carboxylic acids is 1. The average molecular weight is 387 g/mol. The first-order valence-electron chi connectivity index (χ1n) is 10.5. The molecule has 5 nitrogen and oxygen atoms in total. The van der Waals surface area contributed by atoms with Crippen LogP contribution in [-0.4, -0.2) is 66.2 Å². The van der Waals surface area contributed by atoms with E-state index in [-0.39, 0.29) is 11.7 Å². The number of carbonyl (C=O) groups is 1. The van der Waals surface area contributed by atoms with Crippen molar-refractivity contribution in [1.82, 2.24) is 14.4 Å². The number of fused-ring (bicyclic) bond motifs is 1. The molecule has 0 bridgehead atoms. The SMILES string of the molecule is Cc1c(CC(=O)N2CCCCC2)c2cc(F)ccc2n1CCN1CCOCC1. The largest absolute Gasteiger partial charge is 0.379 e. The number of morpholine rings is 1. The number of hydrogen-bond acceptors (Lipinski definition) is 3. The summed E-state index contributed by atoms with van der Waals surface area (Å²) in [6, 6.07) is 4.96. The van der Waals surface area contributed by atoms with Crippen molar-refractivity contribution in [2.24, 2.45) is 0 Å². The zero-order valence-electron chi connectivity index (χ0n) is 16.8. The molecule has 0 saturated carbocycles. The number of likely N-dealkylation sites (tertiary alicyclic amines) is 1. The smallest absolute Gasteiger partial charge is 0.227 e. The summed E-state index contributed by atoms with van der Waals surface area (Å²) in [5.74, 6) is -0.0798. The number of ether oxygens (including phenoxy) is 1. The summed E-state index contributed by atoms with van der Waals surface area (Å²) in [4.78, 5) is 17.2. The molecule has 2 aliphatic rings. The van der Waals surface area contributed by atoms with Gasteiger partial charge in [-0.3, -0.25) is 9.69 Å². The van der Waals surface area contributed by atoms with Crippen LogP contribution in [0.25, 0.3) is 10.9 Å². The van der Waals surface area contributed by atoms with Gasteiger partial charge in [0.2, 0.25) is 5.91 Å². The van der Waals surface area contributed by atoms with E-state index in [4.69, 9.17) is 4.74 Å². The van der Waals surface area contributed by atoms with E-state index >= 15 is 0 Å². The van der Waals surface area contributed by atoms with Crippen molar-refractivity contribution in [3.63, 3.8) is 0 Å². The minimum Gasteiger partial charge on any atom is -0.379 e. The molecule has 152 valence electrons. The molecule has 0 unspecified atom stereocenters. The highest BCUT2D eigenvalue weighted by Gasteiger charge is 2.22. The Morgan fingerprint density at radius 3 is 2.57 bits per heavy atom. The second kappa shape index (κ2) is 8.62. The van der Waals surface area contributed by atoms with E-state index in [9.17, 15) is 9.18 Å². The molecular formula is C22H30FN3O2. The van der Waals surface area contributed by atoms with Crippen molar-refractivity contribution in [3.8, 4) is 0 Å². The Morgan fingerprint density at radius 2 is 1.82 bits per heavy atom. The summed E-state index contributed by atoms with van der Waals surface area (Å²) in [6.07, 6.45) is 3.73. The third-order valence-corrected chi connectivity index (χ3v) is 6.20. The molecule has 6 heteroatoms. The van der Waals surface area contributed by atoms with Crippen LogP contribution in [0, 0.1) is 12.7 Å². The van der Waals surface area contributed by atoms with Crippen molar-refractivity contribution in [3.05, 3.63) is 35.3 Å². The van der Waals surface area contributed by atoms with Crippen molar-refractivity contribution < 1.29 is 13.9 Å². The van der Waals surface area contributed by atoms with Crippen LogP contribution in [0.5, 0.6) is 0 Å². The van der Waals surface area contributed by atoms with Gasteiger partial charge in [-0.1, -0.05) is 0 Å². The van der Waals surface area contributed by atoms with Crippen LogP contribution in [0.1, 0.15) is 30.5 Å². The third kappa shape index (κ3) is 4.08. The highest BCUT2D eigenvalue weighted by atomic mass is 19.1. The Hall–Kier alpha value is -1.92. The lowest BCUT2D eigenvalue weighted by Crippen LogP contribution is -2.38. The molecular weight excluding hydrogens is 357 g/mol. The number of amides is 1. The quantitative estimate of drug-likeness (QED) is 0.792. The highest BCUT2D eigenvalue weighted by Crippen LogP contribution is 2.28. The molecule has 0 atom stereocenters. The summed E-state index contributed by atoms with van der Waals surface area (Å²) in [6.45, 7) is 9.01. The van der Waals surface area contributed by atoms with Gasteiger partial charge in [-0.15, -0.1) is 0 Å². The zero-order chi connectivity index (χ0) is 19.5. The minimum atomic E-state index is -0.246. The molecule has 0 radical (unpaired) electrons. The molecule has 1 aromatic carbocycles. The number of rotatable bonds is 5.